The molecule has 3 heteroatoms. The first kappa shape index (κ1) is 12.1. The van der Waals surface area contributed by atoms with Gasteiger partial charge in [-0.25, -0.2) is 0 Å². The maximum Gasteiger partial charge on any atom is 0.222 e. The molecule has 0 saturated carbocycles. The maximum atomic E-state index is 11.5. The molecular formula is C14H20N2O. The fourth-order valence-electron chi connectivity index (χ4n) is 2.70. The van der Waals surface area contributed by atoms with Crippen LogP contribution in [0.15, 0.2) is 18.2 Å². The first-order valence-corrected chi connectivity index (χ1v) is 6.19. The maximum absolute atomic E-state index is 11.5. The molecule has 1 aromatic rings. The zero-order valence-electron chi connectivity index (χ0n) is 10.5. The van der Waals surface area contributed by atoms with Crippen molar-refractivity contribution in [3.8, 4) is 0 Å². The Labute approximate surface area is 102 Å². The monoisotopic (exact) mass is 232 g/mol. The number of aryl methyl sites for hydroxylation is 2. The van der Waals surface area contributed by atoms with Crippen molar-refractivity contribution < 1.29 is 4.79 Å². The number of carbonyl (C=O) groups is 1. The molecule has 2 atom stereocenters. The van der Waals surface area contributed by atoms with Gasteiger partial charge < -0.3 is 11.1 Å². The highest BCUT2D eigenvalue weighted by Gasteiger charge is 2.30. The first-order chi connectivity index (χ1) is 8.09. The van der Waals surface area contributed by atoms with E-state index in [1.807, 2.05) is 0 Å². The number of rotatable bonds is 2. The Morgan fingerprint density at radius 2 is 2.18 bits per heavy atom. The van der Waals surface area contributed by atoms with Crippen molar-refractivity contribution in [2.24, 2.45) is 11.7 Å². The van der Waals surface area contributed by atoms with Gasteiger partial charge in [-0.15, -0.1) is 0 Å². The van der Waals surface area contributed by atoms with Crippen LogP contribution in [0, 0.1) is 19.8 Å². The third-order valence-corrected chi connectivity index (χ3v) is 3.58. The molecule has 0 bridgehead atoms. The second kappa shape index (κ2) is 4.88. The summed E-state index contributed by atoms with van der Waals surface area (Å²) in [5.74, 6) is -0.271. The van der Waals surface area contributed by atoms with Gasteiger partial charge in [0, 0.05) is 6.04 Å². The van der Waals surface area contributed by atoms with Gasteiger partial charge in [-0.2, -0.15) is 0 Å². The molecule has 0 aromatic heterocycles. The highest BCUT2D eigenvalue weighted by atomic mass is 16.1. The first-order valence-electron chi connectivity index (χ1n) is 6.19. The summed E-state index contributed by atoms with van der Waals surface area (Å²) >= 11 is 0. The minimum absolute atomic E-state index is 0.0786. The number of nitrogens with two attached hydrogens (primary N) is 1. The van der Waals surface area contributed by atoms with Crippen LogP contribution in [0.2, 0.25) is 0 Å². The van der Waals surface area contributed by atoms with E-state index in [9.17, 15) is 4.79 Å². The Hall–Kier alpha value is -1.35. The van der Waals surface area contributed by atoms with Gasteiger partial charge in [0.05, 0.1) is 5.92 Å². The molecule has 0 radical (unpaired) electrons. The minimum atomic E-state index is -0.192. The minimum Gasteiger partial charge on any atom is -0.369 e. The summed E-state index contributed by atoms with van der Waals surface area (Å²) in [6.07, 6.45) is 1.91. The molecule has 1 aromatic carbocycles. The normalized spacial score (nSPS) is 24.6. The summed E-state index contributed by atoms with van der Waals surface area (Å²) < 4.78 is 0. The van der Waals surface area contributed by atoms with Crippen molar-refractivity contribution in [2.45, 2.75) is 32.7 Å². The molecule has 2 unspecified atom stereocenters. The second-order valence-electron chi connectivity index (χ2n) is 4.94. The average Bonchev–Trinajstić information content (AvgIpc) is 2.29. The lowest BCUT2D eigenvalue weighted by Crippen LogP contribution is -2.41. The van der Waals surface area contributed by atoms with E-state index in [4.69, 9.17) is 5.73 Å². The lowest BCUT2D eigenvalue weighted by atomic mass is 9.84. The fraction of sp³-hybridized carbons (Fsp3) is 0.500. The van der Waals surface area contributed by atoms with Crippen LogP contribution < -0.4 is 11.1 Å². The molecule has 1 saturated heterocycles. The van der Waals surface area contributed by atoms with Crippen LogP contribution in [0.25, 0.3) is 0 Å². The summed E-state index contributed by atoms with van der Waals surface area (Å²) in [6.45, 7) is 5.13. The van der Waals surface area contributed by atoms with Crippen molar-refractivity contribution in [1.29, 1.82) is 0 Å². The van der Waals surface area contributed by atoms with Crippen molar-refractivity contribution in [2.75, 3.05) is 6.54 Å². The highest BCUT2D eigenvalue weighted by molar-refractivity contribution is 5.78. The van der Waals surface area contributed by atoms with Gasteiger partial charge in [0.25, 0.3) is 0 Å². The summed E-state index contributed by atoms with van der Waals surface area (Å²) in [4.78, 5) is 11.5. The Kier molecular flexibility index (Phi) is 3.48. The molecule has 0 aliphatic carbocycles. The lowest BCUT2D eigenvalue weighted by molar-refractivity contribution is -0.123. The van der Waals surface area contributed by atoms with Crippen molar-refractivity contribution in [1.82, 2.24) is 5.32 Å². The van der Waals surface area contributed by atoms with Gasteiger partial charge in [0.15, 0.2) is 0 Å². The summed E-state index contributed by atoms with van der Waals surface area (Å²) in [5.41, 5.74) is 9.18. The van der Waals surface area contributed by atoms with Gasteiger partial charge in [-0.3, -0.25) is 4.79 Å². The molecule has 1 aliphatic rings. The predicted molar refractivity (Wildman–Crippen MR) is 68.6 cm³/mol. The molecular weight excluding hydrogens is 212 g/mol. The number of primary amides is 1. The van der Waals surface area contributed by atoms with Crippen LogP contribution in [0.4, 0.5) is 0 Å². The molecule has 92 valence electrons. The summed E-state index contributed by atoms with van der Waals surface area (Å²) in [5, 5.41) is 3.43. The standard InChI is InChI=1S/C14H20N2O/c1-9-5-6-11(10(2)8-9)13-12(14(15)17)4-3-7-16-13/h5-6,8,12-13,16H,3-4,7H2,1-2H3,(H2,15,17). The van der Waals surface area contributed by atoms with Crippen LogP contribution >= 0.6 is 0 Å². The van der Waals surface area contributed by atoms with Crippen LogP contribution in [0.3, 0.4) is 0 Å². The topological polar surface area (TPSA) is 55.1 Å². The van der Waals surface area contributed by atoms with Crippen LogP contribution in [0.5, 0.6) is 0 Å². The van der Waals surface area contributed by atoms with Crippen LogP contribution in [0.1, 0.15) is 35.6 Å². The third kappa shape index (κ3) is 2.50. The Bertz CT molecular complexity index is 428. The number of carbonyl (C=O) groups excluding carboxylic acids is 1. The number of nitrogens with one attached hydrogen (secondary N) is 1. The van der Waals surface area contributed by atoms with E-state index in [2.05, 4.69) is 37.4 Å². The smallest absolute Gasteiger partial charge is 0.222 e. The van der Waals surface area contributed by atoms with Gasteiger partial charge in [0.2, 0.25) is 5.91 Å². The fourth-order valence-corrected chi connectivity index (χ4v) is 2.70. The van der Waals surface area contributed by atoms with Gasteiger partial charge in [-0.05, 0) is 44.4 Å². The molecule has 1 fully saturated rings. The molecule has 1 amide bonds. The van der Waals surface area contributed by atoms with E-state index in [1.165, 1.54) is 16.7 Å². The van der Waals surface area contributed by atoms with E-state index >= 15 is 0 Å². The average molecular weight is 232 g/mol. The van der Waals surface area contributed by atoms with Crippen LogP contribution in [-0.4, -0.2) is 12.5 Å². The number of hydrogen-bond donors (Lipinski definition) is 2. The summed E-state index contributed by atoms with van der Waals surface area (Å²) in [7, 11) is 0. The molecule has 1 heterocycles. The number of piperidine rings is 1. The van der Waals surface area contributed by atoms with E-state index in [-0.39, 0.29) is 17.9 Å². The van der Waals surface area contributed by atoms with E-state index in [0.717, 1.165) is 19.4 Å². The highest BCUT2D eigenvalue weighted by Crippen LogP contribution is 2.31. The van der Waals surface area contributed by atoms with Gasteiger partial charge >= 0.3 is 0 Å². The Morgan fingerprint density at radius 3 is 2.82 bits per heavy atom. The number of benzene rings is 1. The largest absolute Gasteiger partial charge is 0.369 e. The molecule has 0 spiro atoms. The number of hydrogen-bond acceptors (Lipinski definition) is 2. The van der Waals surface area contributed by atoms with Crippen molar-refractivity contribution >= 4 is 5.91 Å². The Balaban J connectivity index is 2.32. The predicted octanol–water partition coefficient (Wildman–Crippen LogP) is 1.83. The number of amides is 1. The second-order valence-corrected chi connectivity index (χ2v) is 4.94. The molecule has 3 N–H and O–H groups in total. The molecule has 17 heavy (non-hydrogen) atoms. The van der Waals surface area contributed by atoms with E-state index in [0.29, 0.717) is 0 Å². The lowest BCUT2D eigenvalue weighted by Gasteiger charge is -2.32. The van der Waals surface area contributed by atoms with E-state index in [1.54, 1.807) is 0 Å². The third-order valence-electron chi connectivity index (χ3n) is 3.58. The van der Waals surface area contributed by atoms with E-state index < -0.39 is 0 Å². The van der Waals surface area contributed by atoms with Gasteiger partial charge in [0.1, 0.15) is 0 Å². The SMILES string of the molecule is Cc1ccc(C2NCCCC2C(N)=O)c(C)c1. The molecule has 3 nitrogen and oxygen atoms in total. The zero-order chi connectivity index (χ0) is 12.4. The van der Waals surface area contributed by atoms with Crippen molar-refractivity contribution in [3.05, 3.63) is 34.9 Å². The van der Waals surface area contributed by atoms with Crippen LogP contribution in [-0.2, 0) is 4.79 Å². The zero-order valence-corrected chi connectivity index (χ0v) is 10.5. The molecule has 1 aliphatic heterocycles. The summed E-state index contributed by atoms with van der Waals surface area (Å²) in [6, 6.07) is 6.45. The van der Waals surface area contributed by atoms with Crippen molar-refractivity contribution in [3.63, 3.8) is 0 Å². The molecule has 2 rings (SSSR count). The van der Waals surface area contributed by atoms with Gasteiger partial charge in [-0.1, -0.05) is 23.8 Å². The Morgan fingerprint density at radius 1 is 1.41 bits per heavy atom. The quantitative estimate of drug-likeness (QED) is 0.817.